The molecule has 1 saturated heterocycles. The molecule has 10 heteroatoms. The Morgan fingerprint density at radius 1 is 0.575 bits per heavy atom. The molecular weight excluding hydrogens is 569 g/mol. The summed E-state index contributed by atoms with van der Waals surface area (Å²) in [6.45, 7) is 45.4. The molecule has 1 fully saturated rings. The normalized spacial score (nSPS) is 25.4. The van der Waals surface area contributed by atoms with Crippen LogP contribution in [0.25, 0.3) is 0 Å². The van der Waals surface area contributed by atoms with E-state index < -0.39 is 57.9 Å². The van der Waals surface area contributed by atoms with E-state index in [9.17, 15) is 5.11 Å². The maximum Gasteiger partial charge on any atom is 0.192 e. The first-order chi connectivity index (χ1) is 17.3. The Labute approximate surface area is 253 Å². The summed E-state index contributed by atoms with van der Waals surface area (Å²) in [6.07, 6.45) is -3.02. The molecule has 5 atom stereocenters. The Balaban J connectivity index is 3.67. The number of aliphatic hydroxyl groups excluding tert-OH is 1. The van der Waals surface area contributed by atoms with Gasteiger partial charge in [0.25, 0.3) is 0 Å². The zero-order chi connectivity index (χ0) is 32.1. The van der Waals surface area contributed by atoms with Crippen LogP contribution in [0.3, 0.4) is 0 Å². The lowest BCUT2D eigenvalue weighted by Gasteiger charge is -2.46. The first kappa shape index (κ1) is 38.7. The smallest absolute Gasteiger partial charge is 0.192 e. The van der Waals surface area contributed by atoms with Crippen LogP contribution < -0.4 is 0 Å². The molecule has 0 aromatic heterocycles. The molecular formula is C30H68O6Si4. The van der Waals surface area contributed by atoms with Crippen molar-refractivity contribution in [1.82, 2.24) is 0 Å². The maximum atomic E-state index is 11.5. The van der Waals surface area contributed by atoms with Gasteiger partial charge in [0.1, 0.15) is 18.3 Å². The highest BCUT2D eigenvalue weighted by Gasteiger charge is 2.56. The van der Waals surface area contributed by atoms with E-state index in [4.69, 9.17) is 22.4 Å². The summed E-state index contributed by atoms with van der Waals surface area (Å²) in [5.41, 5.74) is 0. The van der Waals surface area contributed by atoms with Gasteiger partial charge in [0.2, 0.25) is 0 Å². The zero-order valence-corrected chi connectivity index (χ0v) is 34.1. The van der Waals surface area contributed by atoms with Crippen molar-refractivity contribution in [2.75, 3.05) is 6.61 Å². The van der Waals surface area contributed by atoms with E-state index in [2.05, 4.69) is 135 Å². The Kier molecular flexibility index (Phi) is 11.8. The fourth-order valence-electron chi connectivity index (χ4n) is 3.52. The van der Waals surface area contributed by atoms with Crippen molar-refractivity contribution < 1.29 is 27.5 Å². The summed E-state index contributed by atoms with van der Waals surface area (Å²) < 4.78 is 34.4. The summed E-state index contributed by atoms with van der Waals surface area (Å²) in [5, 5.41) is 11.5. The summed E-state index contributed by atoms with van der Waals surface area (Å²) in [4.78, 5) is 0. The number of ether oxygens (including phenoxy) is 1. The van der Waals surface area contributed by atoms with Crippen LogP contribution in [0.5, 0.6) is 0 Å². The van der Waals surface area contributed by atoms with Crippen LogP contribution in [0.15, 0.2) is 0 Å². The molecule has 6 nitrogen and oxygen atoms in total. The van der Waals surface area contributed by atoms with Gasteiger partial charge < -0.3 is 27.5 Å². The minimum atomic E-state index is -2.27. The molecule has 0 aromatic rings. The van der Waals surface area contributed by atoms with Crippen LogP contribution >= 0.6 is 0 Å². The quantitative estimate of drug-likeness (QED) is 0.242. The fraction of sp³-hybridized carbons (Fsp3) is 1.00. The number of aliphatic hydroxyl groups is 1. The number of rotatable bonds is 10. The highest BCUT2D eigenvalue weighted by atomic mass is 28.4. The van der Waals surface area contributed by atoms with Crippen molar-refractivity contribution in [2.24, 2.45) is 0 Å². The van der Waals surface area contributed by atoms with E-state index >= 15 is 0 Å². The van der Waals surface area contributed by atoms with Crippen molar-refractivity contribution >= 4 is 33.3 Å². The zero-order valence-electron chi connectivity index (χ0n) is 30.1. The third-order valence-electron chi connectivity index (χ3n) is 10.7. The molecule has 0 radical (unpaired) electrons. The summed E-state index contributed by atoms with van der Waals surface area (Å²) in [7, 11) is -8.82. The first-order valence-electron chi connectivity index (χ1n) is 15.3. The highest BCUT2D eigenvalue weighted by molar-refractivity contribution is 6.75. The third-order valence-corrected chi connectivity index (χ3v) is 28.7. The Morgan fingerprint density at radius 2 is 0.925 bits per heavy atom. The minimum Gasteiger partial charge on any atom is -0.414 e. The molecule has 0 aliphatic carbocycles. The van der Waals surface area contributed by atoms with Crippen molar-refractivity contribution in [1.29, 1.82) is 0 Å². The summed E-state index contributed by atoms with van der Waals surface area (Å²) in [5.74, 6) is 0. The Bertz CT molecular complexity index is 831. The predicted molar refractivity (Wildman–Crippen MR) is 180 cm³/mol. The van der Waals surface area contributed by atoms with E-state index in [0.717, 1.165) is 0 Å². The molecule has 0 amide bonds. The van der Waals surface area contributed by atoms with E-state index in [1.165, 1.54) is 0 Å². The molecule has 1 aliphatic heterocycles. The third kappa shape index (κ3) is 9.08. The largest absolute Gasteiger partial charge is 0.414 e. The predicted octanol–water partition coefficient (Wildman–Crippen LogP) is 8.90. The molecule has 240 valence electrons. The second-order valence-corrected chi connectivity index (χ2v) is 37.2. The molecule has 0 aromatic carbocycles. The van der Waals surface area contributed by atoms with Gasteiger partial charge in [0.15, 0.2) is 39.6 Å². The van der Waals surface area contributed by atoms with E-state index in [1.807, 2.05) is 0 Å². The fourth-order valence-corrected chi connectivity index (χ4v) is 8.43. The SMILES string of the molecule is CC(C)(C)[Si](C)(C)OC[C@@H](O[Si](C)(C)C(C)(C)C)[C@@H]1OC(O)[C@H](O[Si](C)(C)C(C)(C)C)[C@H]1O[Si](C)(C)C(C)(C)C. The van der Waals surface area contributed by atoms with Crippen LogP contribution in [-0.2, 0) is 22.4 Å². The lowest BCUT2D eigenvalue weighted by Crippen LogP contribution is -2.58. The molecule has 1 aliphatic rings. The van der Waals surface area contributed by atoms with Gasteiger partial charge in [-0.05, 0) is 72.5 Å². The minimum absolute atomic E-state index is 0.00622. The van der Waals surface area contributed by atoms with Gasteiger partial charge in [0, 0.05) is 0 Å². The van der Waals surface area contributed by atoms with Crippen molar-refractivity contribution in [3.8, 4) is 0 Å². The molecule has 1 unspecified atom stereocenters. The number of hydrogen-bond acceptors (Lipinski definition) is 6. The molecule has 0 spiro atoms. The highest BCUT2D eigenvalue weighted by Crippen LogP contribution is 2.46. The van der Waals surface area contributed by atoms with Crippen LogP contribution in [0.4, 0.5) is 0 Å². The van der Waals surface area contributed by atoms with Crippen LogP contribution in [-0.4, -0.2) is 75.7 Å². The van der Waals surface area contributed by atoms with Crippen molar-refractivity contribution in [3.63, 3.8) is 0 Å². The van der Waals surface area contributed by atoms with Crippen molar-refractivity contribution in [3.05, 3.63) is 0 Å². The first-order valence-corrected chi connectivity index (χ1v) is 26.9. The average Bonchev–Trinajstić information content (AvgIpc) is 2.96. The lowest BCUT2D eigenvalue weighted by molar-refractivity contribution is -0.145. The van der Waals surface area contributed by atoms with Gasteiger partial charge in [-0.3, -0.25) is 0 Å². The lowest BCUT2D eigenvalue weighted by atomic mass is 10.1. The van der Waals surface area contributed by atoms with Crippen molar-refractivity contribution in [2.45, 2.75) is 186 Å². The molecule has 1 heterocycles. The summed E-state index contributed by atoms with van der Waals surface area (Å²) in [6, 6.07) is 0. The van der Waals surface area contributed by atoms with Gasteiger partial charge >= 0.3 is 0 Å². The molecule has 0 saturated carbocycles. The van der Waals surface area contributed by atoms with Gasteiger partial charge in [-0.25, -0.2) is 0 Å². The second kappa shape index (κ2) is 12.2. The van der Waals surface area contributed by atoms with Crippen LogP contribution in [0, 0.1) is 0 Å². The monoisotopic (exact) mass is 636 g/mol. The Hall–Kier alpha value is 0.628. The maximum absolute atomic E-state index is 11.5. The molecule has 0 bridgehead atoms. The molecule has 1 N–H and O–H groups in total. The molecule has 1 rings (SSSR count). The second-order valence-electron chi connectivity index (χ2n) is 18.2. The van der Waals surface area contributed by atoms with E-state index in [1.54, 1.807) is 0 Å². The Morgan fingerprint density at radius 3 is 1.27 bits per heavy atom. The number of hydrogen-bond donors (Lipinski definition) is 1. The van der Waals surface area contributed by atoms with Gasteiger partial charge in [-0.2, -0.15) is 0 Å². The van der Waals surface area contributed by atoms with E-state index in [-0.39, 0.29) is 26.3 Å². The topological polar surface area (TPSA) is 66.4 Å². The van der Waals surface area contributed by atoms with Crippen LogP contribution in [0.1, 0.15) is 83.1 Å². The van der Waals surface area contributed by atoms with E-state index in [0.29, 0.717) is 6.61 Å². The van der Waals surface area contributed by atoms with Gasteiger partial charge in [-0.15, -0.1) is 0 Å². The average molecular weight is 637 g/mol. The standard InChI is InChI=1S/C30H68O6Si4/c1-27(2,3)37(13,14)32-21-22(34-38(15,16)28(4,5)6)23-24(35-39(17,18)29(7,8)9)25(26(31)33-23)36-40(19,20)30(10,11)12/h22-26,31H,21H2,1-20H3/t22-,23+,24+,25-,26?/m1/s1. The van der Waals surface area contributed by atoms with Gasteiger partial charge in [0.05, 0.1) is 12.7 Å². The molecule has 40 heavy (non-hydrogen) atoms. The van der Waals surface area contributed by atoms with Crippen LogP contribution in [0.2, 0.25) is 72.5 Å². The summed E-state index contributed by atoms with van der Waals surface area (Å²) >= 11 is 0. The van der Waals surface area contributed by atoms with Gasteiger partial charge in [-0.1, -0.05) is 83.1 Å².